The second-order valence-electron chi connectivity index (χ2n) is 4.88. The number of benzene rings is 1. The van der Waals surface area contributed by atoms with Crippen molar-refractivity contribution in [2.45, 2.75) is 32.2 Å². The van der Waals surface area contributed by atoms with Gasteiger partial charge in [0.15, 0.2) is 18.1 Å². The molecule has 0 unspecified atom stereocenters. The Kier molecular flexibility index (Phi) is 5.24. The van der Waals surface area contributed by atoms with E-state index >= 15 is 0 Å². The van der Waals surface area contributed by atoms with Crippen LogP contribution in [0.25, 0.3) is 0 Å². The molecule has 0 spiro atoms. The summed E-state index contributed by atoms with van der Waals surface area (Å²) >= 11 is 0. The molecular weight excluding hydrogens is 256 g/mol. The van der Waals surface area contributed by atoms with Gasteiger partial charge in [0.1, 0.15) is 0 Å². The van der Waals surface area contributed by atoms with Gasteiger partial charge in [-0.1, -0.05) is 6.07 Å². The molecule has 1 aliphatic carbocycles. The zero-order chi connectivity index (χ0) is 14.4. The minimum absolute atomic E-state index is 0.0206. The lowest BCUT2D eigenvalue weighted by atomic mass is 10.1. The first-order valence-corrected chi connectivity index (χ1v) is 7.11. The van der Waals surface area contributed by atoms with Crippen LogP contribution in [0.5, 0.6) is 11.5 Å². The van der Waals surface area contributed by atoms with Crippen molar-refractivity contribution in [3.8, 4) is 11.5 Å². The van der Waals surface area contributed by atoms with E-state index in [9.17, 15) is 4.79 Å². The highest BCUT2D eigenvalue weighted by Gasteiger charge is 2.23. The number of nitrogens with two attached hydrogens (primary N) is 1. The van der Waals surface area contributed by atoms with E-state index in [1.54, 1.807) is 0 Å². The van der Waals surface area contributed by atoms with Gasteiger partial charge in [-0.05, 0) is 50.4 Å². The van der Waals surface area contributed by atoms with Crippen molar-refractivity contribution in [3.05, 3.63) is 23.8 Å². The Bertz CT molecular complexity index is 458. The number of carbonyl (C=O) groups excluding carboxylic acids is 1. The van der Waals surface area contributed by atoms with Crippen molar-refractivity contribution >= 4 is 5.91 Å². The quantitative estimate of drug-likeness (QED) is 0.750. The monoisotopic (exact) mass is 278 g/mol. The van der Waals surface area contributed by atoms with Crippen LogP contribution in [0.3, 0.4) is 0 Å². The lowest BCUT2D eigenvalue weighted by molar-refractivity contribution is -0.123. The van der Waals surface area contributed by atoms with Gasteiger partial charge in [0.05, 0.1) is 6.61 Å². The van der Waals surface area contributed by atoms with Crippen molar-refractivity contribution in [2.24, 2.45) is 5.73 Å². The first-order chi connectivity index (χ1) is 9.72. The van der Waals surface area contributed by atoms with Gasteiger partial charge >= 0.3 is 0 Å². The zero-order valence-corrected chi connectivity index (χ0v) is 11.9. The molecule has 0 bridgehead atoms. The predicted octanol–water partition coefficient (Wildman–Crippen LogP) is 1.24. The fourth-order valence-corrected chi connectivity index (χ4v) is 1.90. The third kappa shape index (κ3) is 4.42. The maximum atomic E-state index is 11.6. The zero-order valence-electron chi connectivity index (χ0n) is 11.9. The van der Waals surface area contributed by atoms with Crippen molar-refractivity contribution < 1.29 is 14.3 Å². The van der Waals surface area contributed by atoms with E-state index in [-0.39, 0.29) is 12.5 Å². The van der Waals surface area contributed by atoms with Crippen LogP contribution in [0.1, 0.15) is 25.3 Å². The number of hydrogen-bond acceptors (Lipinski definition) is 4. The summed E-state index contributed by atoms with van der Waals surface area (Å²) in [5, 5.41) is 2.89. The fourth-order valence-electron chi connectivity index (χ4n) is 1.90. The minimum Gasteiger partial charge on any atom is -0.490 e. The van der Waals surface area contributed by atoms with Gasteiger partial charge < -0.3 is 20.5 Å². The molecule has 3 N–H and O–H groups in total. The van der Waals surface area contributed by atoms with Gasteiger partial charge in [-0.2, -0.15) is 0 Å². The van der Waals surface area contributed by atoms with Crippen LogP contribution in [-0.4, -0.2) is 31.7 Å². The lowest BCUT2D eigenvalue weighted by Crippen LogP contribution is -2.30. The molecule has 1 saturated carbocycles. The van der Waals surface area contributed by atoms with E-state index in [4.69, 9.17) is 15.2 Å². The van der Waals surface area contributed by atoms with Gasteiger partial charge in [0, 0.05) is 6.04 Å². The summed E-state index contributed by atoms with van der Waals surface area (Å²) < 4.78 is 11.1. The summed E-state index contributed by atoms with van der Waals surface area (Å²) in [6.07, 6.45) is 2.94. The maximum absolute atomic E-state index is 11.6. The van der Waals surface area contributed by atoms with Crippen molar-refractivity contribution in [1.29, 1.82) is 0 Å². The van der Waals surface area contributed by atoms with Gasteiger partial charge in [-0.3, -0.25) is 4.79 Å². The normalized spacial score (nSPS) is 13.9. The highest BCUT2D eigenvalue weighted by molar-refractivity contribution is 5.78. The van der Waals surface area contributed by atoms with Gasteiger partial charge in [-0.15, -0.1) is 0 Å². The molecule has 0 aliphatic heterocycles. The molecule has 1 fully saturated rings. The predicted molar refractivity (Wildman–Crippen MR) is 77.0 cm³/mol. The fraction of sp³-hybridized carbons (Fsp3) is 0.533. The Morgan fingerprint density at radius 2 is 2.15 bits per heavy atom. The molecule has 0 atom stereocenters. The molecule has 5 heteroatoms. The summed E-state index contributed by atoms with van der Waals surface area (Å²) in [4.78, 5) is 11.6. The van der Waals surface area contributed by atoms with Crippen LogP contribution >= 0.6 is 0 Å². The number of hydrogen-bond donors (Lipinski definition) is 2. The van der Waals surface area contributed by atoms with E-state index < -0.39 is 0 Å². The van der Waals surface area contributed by atoms with E-state index in [0.29, 0.717) is 30.7 Å². The maximum Gasteiger partial charge on any atom is 0.258 e. The average Bonchev–Trinajstić information content (AvgIpc) is 3.22. The van der Waals surface area contributed by atoms with Gasteiger partial charge in [0.25, 0.3) is 5.91 Å². The van der Waals surface area contributed by atoms with Crippen molar-refractivity contribution in [2.75, 3.05) is 19.8 Å². The Hall–Kier alpha value is -1.75. The molecule has 0 saturated heterocycles. The van der Waals surface area contributed by atoms with Crippen LogP contribution < -0.4 is 20.5 Å². The molecule has 2 rings (SSSR count). The number of ether oxygens (including phenoxy) is 2. The Labute approximate surface area is 119 Å². The third-order valence-corrected chi connectivity index (χ3v) is 3.04. The molecule has 1 amide bonds. The van der Waals surface area contributed by atoms with Crippen LogP contribution in [-0.2, 0) is 11.2 Å². The highest BCUT2D eigenvalue weighted by atomic mass is 16.5. The Morgan fingerprint density at radius 3 is 2.80 bits per heavy atom. The molecule has 1 aliphatic rings. The standard InChI is InChI=1S/C15H22N2O3/c1-2-19-14-9-11(7-8-16)3-6-13(14)20-10-15(18)17-12-4-5-12/h3,6,9,12H,2,4-5,7-8,10,16H2,1H3,(H,17,18). The van der Waals surface area contributed by atoms with Gasteiger partial charge in [0.2, 0.25) is 0 Å². The molecule has 20 heavy (non-hydrogen) atoms. The largest absolute Gasteiger partial charge is 0.490 e. The molecule has 110 valence electrons. The smallest absolute Gasteiger partial charge is 0.258 e. The highest BCUT2D eigenvalue weighted by Crippen LogP contribution is 2.28. The number of amides is 1. The summed E-state index contributed by atoms with van der Waals surface area (Å²) in [6, 6.07) is 6.05. The molecule has 5 nitrogen and oxygen atoms in total. The third-order valence-electron chi connectivity index (χ3n) is 3.04. The van der Waals surface area contributed by atoms with E-state index in [2.05, 4.69) is 5.32 Å². The summed E-state index contributed by atoms with van der Waals surface area (Å²) in [5.74, 6) is 1.18. The number of carbonyl (C=O) groups is 1. The molecule has 0 radical (unpaired) electrons. The summed E-state index contributed by atoms with van der Waals surface area (Å²) in [5.41, 5.74) is 6.65. The van der Waals surface area contributed by atoms with E-state index in [1.165, 1.54) is 0 Å². The molecule has 1 aromatic rings. The number of nitrogens with one attached hydrogen (secondary N) is 1. The second kappa shape index (κ2) is 7.14. The van der Waals surface area contributed by atoms with Crippen LogP contribution in [0.15, 0.2) is 18.2 Å². The summed E-state index contributed by atoms with van der Waals surface area (Å²) in [6.45, 7) is 3.08. The van der Waals surface area contributed by atoms with Crippen molar-refractivity contribution in [3.63, 3.8) is 0 Å². The summed E-state index contributed by atoms with van der Waals surface area (Å²) in [7, 11) is 0. The Balaban J connectivity index is 1.95. The topological polar surface area (TPSA) is 73.6 Å². The molecular formula is C15H22N2O3. The average molecular weight is 278 g/mol. The first kappa shape index (κ1) is 14.7. The van der Waals surface area contributed by atoms with E-state index in [0.717, 1.165) is 24.8 Å². The molecule has 0 aromatic heterocycles. The first-order valence-electron chi connectivity index (χ1n) is 7.11. The van der Waals surface area contributed by atoms with Crippen LogP contribution in [0, 0.1) is 0 Å². The molecule has 0 heterocycles. The second-order valence-corrected chi connectivity index (χ2v) is 4.88. The van der Waals surface area contributed by atoms with Crippen LogP contribution in [0.4, 0.5) is 0 Å². The lowest BCUT2D eigenvalue weighted by Gasteiger charge is -2.13. The number of rotatable bonds is 8. The minimum atomic E-state index is -0.0824. The van der Waals surface area contributed by atoms with Gasteiger partial charge in [-0.25, -0.2) is 0 Å². The van der Waals surface area contributed by atoms with Crippen molar-refractivity contribution in [1.82, 2.24) is 5.32 Å². The Morgan fingerprint density at radius 1 is 1.35 bits per heavy atom. The SMILES string of the molecule is CCOc1cc(CCN)ccc1OCC(=O)NC1CC1. The van der Waals surface area contributed by atoms with E-state index in [1.807, 2.05) is 25.1 Å². The van der Waals surface area contributed by atoms with Crippen LogP contribution in [0.2, 0.25) is 0 Å². The molecule has 1 aromatic carbocycles.